The SMILES string of the molecule is CCOc1cc(/C=C2/NC(=O)N(Cc3ccc(F)cc3)C2=O)ccc1OCC(=O)OC. The number of amides is 3. The summed E-state index contributed by atoms with van der Waals surface area (Å²) in [5.41, 5.74) is 1.30. The van der Waals surface area contributed by atoms with Crippen LogP contribution in [-0.4, -0.2) is 43.1 Å². The van der Waals surface area contributed by atoms with Crippen LogP contribution >= 0.6 is 0 Å². The van der Waals surface area contributed by atoms with Gasteiger partial charge in [0.05, 0.1) is 20.3 Å². The molecular formula is C22H21FN2O6. The van der Waals surface area contributed by atoms with E-state index in [9.17, 15) is 18.8 Å². The zero-order valence-corrected chi connectivity index (χ0v) is 17.0. The quantitative estimate of drug-likeness (QED) is 0.395. The van der Waals surface area contributed by atoms with E-state index in [1.54, 1.807) is 25.1 Å². The molecule has 0 bridgehead atoms. The molecule has 2 aromatic rings. The molecule has 9 heteroatoms. The van der Waals surface area contributed by atoms with Crippen LogP contribution in [0.5, 0.6) is 11.5 Å². The van der Waals surface area contributed by atoms with Crippen molar-refractivity contribution < 1.29 is 33.0 Å². The number of nitrogens with zero attached hydrogens (tertiary/aromatic N) is 1. The molecule has 1 aliphatic heterocycles. The van der Waals surface area contributed by atoms with Gasteiger partial charge in [-0.15, -0.1) is 0 Å². The summed E-state index contributed by atoms with van der Waals surface area (Å²) in [4.78, 5) is 37.3. The number of benzene rings is 2. The molecule has 162 valence electrons. The second kappa shape index (κ2) is 9.75. The first-order valence-electron chi connectivity index (χ1n) is 9.46. The molecule has 31 heavy (non-hydrogen) atoms. The van der Waals surface area contributed by atoms with Crippen molar-refractivity contribution in [2.75, 3.05) is 20.3 Å². The van der Waals surface area contributed by atoms with Gasteiger partial charge in [-0.05, 0) is 48.4 Å². The third-order valence-corrected chi connectivity index (χ3v) is 4.37. The number of carbonyl (C=O) groups excluding carboxylic acids is 3. The fraction of sp³-hybridized carbons (Fsp3) is 0.227. The van der Waals surface area contributed by atoms with E-state index >= 15 is 0 Å². The Labute approximate surface area is 178 Å². The Hall–Kier alpha value is -3.88. The van der Waals surface area contributed by atoms with Crippen LogP contribution in [0.15, 0.2) is 48.2 Å². The number of ether oxygens (including phenoxy) is 3. The molecule has 1 fully saturated rings. The first-order valence-corrected chi connectivity index (χ1v) is 9.46. The smallest absolute Gasteiger partial charge is 0.343 e. The van der Waals surface area contributed by atoms with Crippen LogP contribution in [-0.2, 0) is 20.9 Å². The number of hydrogen-bond acceptors (Lipinski definition) is 6. The molecule has 1 heterocycles. The van der Waals surface area contributed by atoms with Gasteiger partial charge in [-0.3, -0.25) is 9.69 Å². The Kier molecular flexibility index (Phi) is 6.86. The second-order valence-corrected chi connectivity index (χ2v) is 6.51. The molecule has 0 radical (unpaired) electrons. The fourth-order valence-electron chi connectivity index (χ4n) is 2.85. The Morgan fingerprint density at radius 3 is 2.52 bits per heavy atom. The maximum absolute atomic E-state index is 13.1. The molecule has 2 aromatic carbocycles. The third-order valence-electron chi connectivity index (χ3n) is 4.37. The van der Waals surface area contributed by atoms with Gasteiger partial charge in [0, 0.05) is 0 Å². The van der Waals surface area contributed by atoms with Crippen molar-refractivity contribution in [3.63, 3.8) is 0 Å². The van der Waals surface area contributed by atoms with Gasteiger partial charge in [-0.2, -0.15) is 0 Å². The van der Waals surface area contributed by atoms with E-state index in [1.165, 1.54) is 37.5 Å². The lowest BCUT2D eigenvalue weighted by atomic mass is 10.1. The van der Waals surface area contributed by atoms with Crippen LogP contribution in [0.25, 0.3) is 6.08 Å². The average molecular weight is 428 g/mol. The average Bonchev–Trinajstić information content (AvgIpc) is 3.02. The molecule has 0 aromatic heterocycles. The van der Waals surface area contributed by atoms with E-state index in [4.69, 9.17) is 9.47 Å². The summed E-state index contributed by atoms with van der Waals surface area (Å²) < 4.78 is 28.6. The molecule has 0 aliphatic carbocycles. The van der Waals surface area contributed by atoms with Crippen molar-refractivity contribution in [3.05, 3.63) is 65.1 Å². The standard InChI is InChI=1S/C22H21FN2O6/c1-3-30-19-11-15(6-9-18(19)31-13-20(26)29-2)10-17-21(27)25(22(28)24-17)12-14-4-7-16(23)8-5-14/h4-11H,3,12-13H2,1-2H3,(H,24,28)/b17-10+. The molecule has 3 rings (SSSR count). The summed E-state index contributed by atoms with van der Waals surface area (Å²) in [6.45, 7) is 1.90. The minimum Gasteiger partial charge on any atom is -0.490 e. The number of hydrogen-bond donors (Lipinski definition) is 1. The van der Waals surface area contributed by atoms with E-state index in [0.717, 1.165) is 4.90 Å². The minimum absolute atomic E-state index is 0.0206. The van der Waals surface area contributed by atoms with Crippen LogP contribution in [0.2, 0.25) is 0 Å². The Bertz CT molecular complexity index is 1020. The van der Waals surface area contributed by atoms with Gasteiger partial charge < -0.3 is 19.5 Å². The van der Waals surface area contributed by atoms with Gasteiger partial charge in [-0.1, -0.05) is 18.2 Å². The molecule has 0 saturated carbocycles. The summed E-state index contributed by atoms with van der Waals surface area (Å²) in [6, 6.07) is 9.88. The number of nitrogens with one attached hydrogen (secondary N) is 1. The molecule has 1 saturated heterocycles. The van der Waals surface area contributed by atoms with Gasteiger partial charge in [0.25, 0.3) is 5.91 Å². The predicted octanol–water partition coefficient (Wildman–Crippen LogP) is 2.87. The maximum atomic E-state index is 13.1. The molecule has 3 amide bonds. The first-order chi connectivity index (χ1) is 14.9. The van der Waals surface area contributed by atoms with E-state index < -0.39 is 23.7 Å². The first kappa shape index (κ1) is 21.8. The summed E-state index contributed by atoms with van der Waals surface area (Å²) in [5, 5.41) is 2.54. The summed E-state index contributed by atoms with van der Waals surface area (Å²) in [7, 11) is 1.26. The summed E-state index contributed by atoms with van der Waals surface area (Å²) >= 11 is 0. The van der Waals surface area contributed by atoms with Crippen molar-refractivity contribution in [2.45, 2.75) is 13.5 Å². The molecule has 1 aliphatic rings. The molecule has 8 nitrogen and oxygen atoms in total. The molecule has 0 spiro atoms. The van der Waals surface area contributed by atoms with E-state index in [-0.39, 0.29) is 18.8 Å². The number of rotatable bonds is 8. The van der Waals surface area contributed by atoms with Crippen molar-refractivity contribution in [3.8, 4) is 11.5 Å². The lowest BCUT2D eigenvalue weighted by Crippen LogP contribution is -2.30. The zero-order valence-electron chi connectivity index (χ0n) is 17.0. The number of methoxy groups -OCH3 is 1. The van der Waals surface area contributed by atoms with Crippen LogP contribution in [0.4, 0.5) is 9.18 Å². The zero-order chi connectivity index (χ0) is 22.4. The summed E-state index contributed by atoms with van der Waals surface area (Å²) in [5.74, 6) is -0.715. The third kappa shape index (κ3) is 5.39. The normalized spacial score (nSPS) is 14.5. The summed E-state index contributed by atoms with van der Waals surface area (Å²) in [6.07, 6.45) is 1.51. The molecular weight excluding hydrogens is 407 g/mol. The molecule has 0 atom stereocenters. The van der Waals surface area contributed by atoms with Gasteiger partial charge in [-0.25, -0.2) is 14.0 Å². The van der Waals surface area contributed by atoms with Crippen molar-refractivity contribution in [2.24, 2.45) is 0 Å². The van der Waals surface area contributed by atoms with Gasteiger partial charge in [0.1, 0.15) is 11.5 Å². The highest BCUT2D eigenvalue weighted by atomic mass is 19.1. The van der Waals surface area contributed by atoms with E-state index in [1.807, 2.05) is 0 Å². The molecule has 0 unspecified atom stereocenters. The highest BCUT2D eigenvalue weighted by Gasteiger charge is 2.33. The van der Waals surface area contributed by atoms with Crippen LogP contribution in [0.3, 0.4) is 0 Å². The number of esters is 1. The van der Waals surface area contributed by atoms with Gasteiger partial charge in [0.15, 0.2) is 18.1 Å². The van der Waals surface area contributed by atoms with Gasteiger partial charge in [0.2, 0.25) is 0 Å². The van der Waals surface area contributed by atoms with E-state index in [2.05, 4.69) is 10.1 Å². The van der Waals surface area contributed by atoms with E-state index in [0.29, 0.717) is 29.2 Å². The minimum atomic E-state index is -0.566. The molecule has 1 N–H and O–H groups in total. The van der Waals surface area contributed by atoms with Crippen molar-refractivity contribution in [1.29, 1.82) is 0 Å². The second-order valence-electron chi connectivity index (χ2n) is 6.51. The fourth-order valence-corrected chi connectivity index (χ4v) is 2.85. The lowest BCUT2D eigenvalue weighted by molar-refractivity contribution is -0.142. The number of urea groups is 1. The monoisotopic (exact) mass is 428 g/mol. The Morgan fingerprint density at radius 1 is 1.10 bits per heavy atom. The highest BCUT2D eigenvalue weighted by Crippen LogP contribution is 2.30. The lowest BCUT2D eigenvalue weighted by Gasteiger charge is -2.12. The van der Waals surface area contributed by atoms with Gasteiger partial charge >= 0.3 is 12.0 Å². The van der Waals surface area contributed by atoms with Crippen molar-refractivity contribution >= 4 is 24.0 Å². The Balaban J connectivity index is 1.77. The topological polar surface area (TPSA) is 94.2 Å². The highest BCUT2D eigenvalue weighted by molar-refractivity contribution is 6.13. The van der Waals surface area contributed by atoms with Crippen LogP contribution < -0.4 is 14.8 Å². The van der Waals surface area contributed by atoms with Crippen molar-refractivity contribution in [1.82, 2.24) is 10.2 Å². The number of imide groups is 1. The van der Waals surface area contributed by atoms with Crippen LogP contribution in [0.1, 0.15) is 18.1 Å². The predicted molar refractivity (Wildman–Crippen MR) is 109 cm³/mol. The van der Waals surface area contributed by atoms with Crippen LogP contribution in [0, 0.1) is 5.82 Å². The Morgan fingerprint density at radius 2 is 1.84 bits per heavy atom. The number of halogens is 1. The largest absolute Gasteiger partial charge is 0.490 e. The number of carbonyl (C=O) groups is 3. The maximum Gasteiger partial charge on any atom is 0.343 e.